The second kappa shape index (κ2) is 7.08. The highest BCUT2D eigenvalue weighted by atomic mass is 32.1. The van der Waals surface area contributed by atoms with E-state index in [4.69, 9.17) is 9.47 Å². The standard InChI is InChI=1S/C15H18N2O3S/c1-10-9-21-15(17-10)14(18)16-7-6-11-8-12(19-2)4-5-13(11)20-3/h4-5,8-9H,6-7H2,1-3H3,(H,16,18). The summed E-state index contributed by atoms with van der Waals surface area (Å²) >= 11 is 1.35. The monoisotopic (exact) mass is 306 g/mol. The molecule has 0 aliphatic heterocycles. The van der Waals surface area contributed by atoms with Gasteiger partial charge in [0.1, 0.15) is 11.5 Å². The Morgan fingerprint density at radius 3 is 2.76 bits per heavy atom. The van der Waals surface area contributed by atoms with E-state index in [1.165, 1.54) is 11.3 Å². The Balaban J connectivity index is 1.95. The molecular weight excluding hydrogens is 288 g/mol. The van der Waals surface area contributed by atoms with Crippen LogP contribution in [0.1, 0.15) is 21.1 Å². The van der Waals surface area contributed by atoms with Crippen LogP contribution in [0.2, 0.25) is 0 Å². The molecule has 112 valence electrons. The van der Waals surface area contributed by atoms with Gasteiger partial charge in [-0.25, -0.2) is 4.98 Å². The van der Waals surface area contributed by atoms with Crippen molar-refractivity contribution < 1.29 is 14.3 Å². The molecule has 0 unspecified atom stereocenters. The molecule has 0 radical (unpaired) electrons. The second-order valence-corrected chi connectivity index (χ2v) is 5.34. The van der Waals surface area contributed by atoms with Gasteiger partial charge in [-0.1, -0.05) is 0 Å². The van der Waals surface area contributed by atoms with E-state index in [-0.39, 0.29) is 5.91 Å². The first-order valence-electron chi connectivity index (χ1n) is 6.55. The Morgan fingerprint density at radius 2 is 2.14 bits per heavy atom. The van der Waals surface area contributed by atoms with Crippen LogP contribution in [-0.2, 0) is 6.42 Å². The van der Waals surface area contributed by atoms with Crippen LogP contribution in [0.15, 0.2) is 23.6 Å². The zero-order chi connectivity index (χ0) is 15.2. The van der Waals surface area contributed by atoms with E-state index in [1.807, 2.05) is 30.5 Å². The number of carbonyl (C=O) groups excluding carboxylic acids is 1. The molecule has 1 amide bonds. The normalized spacial score (nSPS) is 10.2. The van der Waals surface area contributed by atoms with Gasteiger partial charge in [-0.3, -0.25) is 4.79 Å². The molecule has 0 bridgehead atoms. The zero-order valence-electron chi connectivity index (χ0n) is 12.3. The molecule has 0 saturated carbocycles. The molecule has 0 aliphatic carbocycles. The van der Waals surface area contributed by atoms with Gasteiger partial charge in [0.25, 0.3) is 5.91 Å². The number of aromatic nitrogens is 1. The van der Waals surface area contributed by atoms with Gasteiger partial charge in [-0.15, -0.1) is 11.3 Å². The van der Waals surface area contributed by atoms with E-state index in [9.17, 15) is 4.79 Å². The van der Waals surface area contributed by atoms with Crippen LogP contribution in [0.5, 0.6) is 11.5 Å². The summed E-state index contributed by atoms with van der Waals surface area (Å²) in [4.78, 5) is 16.1. The smallest absolute Gasteiger partial charge is 0.280 e. The number of nitrogens with zero attached hydrogens (tertiary/aromatic N) is 1. The number of rotatable bonds is 6. The van der Waals surface area contributed by atoms with Crippen LogP contribution in [0.4, 0.5) is 0 Å². The third-order valence-corrected chi connectivity index (χ3v) is 3.94. The van der Waals surface area contributed by atoms with Crippen LogP contribution in [0, 0.1) is 6.92 Å². The number of benzene rings is 1. The van der Waals surface area contributed by atoms with Gasteiger partial charge < -0.3 is 14.8 Å². The Hall–Kier alpha value is -2.08. The lowest BCUT2D eigenvalue weighted by atomic mass is 10.1. The second-order valence-electron chi connectivity index (χ2n) is 4.48. The molecule has 0 saturated heterocycles. The third kappa shape index (κ3) is 3.95. The summed E-state index contributed by atoms with van der Waals surface area (Å²) < 4.78 is 10.5. The summed E-state index contributed by atoms with van der Waals surface area (Å²) in [6.07, 6.45) is 0.663. The predicted octanol–water partition coefficient (Wildman–Crippen LogP) is 2.44. The summed E-state index contributed by atoms with van der Waals surface area (Å²) in [5.74, 6) is 1.41. The highest BCUT2D eigenvalue weighted by Crippen LogP contribution is 2.24. The fourth-order valence-corrected chi connectivity index (χ4v) is 2.63. The summed E-state index contributed by atoms with van der Waals surface area (Å²) in [5, 5.41) is 5.21. The number of nitrogens with one attached hydrogen (secondary N) is 1. The molecule has 2 rings (SSSR count). The lowest BCUT2D eigenvalue weighted by Crippen LogP contribution is -2.25. The number of amides is 1. The molecule has 1 aromatic heterocycles. The summed E-state index contributed by atoms with van der Waals surface area (Å²) in [5.41, 5.74) is 1.85. The minimum absolute atomic E-state index is 0.144. The maximum absolute atomic E-state index is 11.9. The number of hydrogen-bond donors (Lipinski definition) is 1. The van der Waals surface area contributed by atoms with Crippen LogP contribution in [0.25, 0.3) is 0 Å². The first-order chi connectivity index (χ1) is 10.1. The molecule has 0 spiro atoms. The summed E-state index contributed by atoms with van der Waals surface area (Å²) in [6, 6.07) is 5.62. The van der Waals surface area contributed by atoms with Crippen LogP contribution in [0.3, 0.4) is 0 Å². The van der Waals surface area contributed by atoms with Crippen LogP contribution >= 0.6 is 11.3 Å². The van der Waals surface area contributed by atoms with E-state index in [0.717, 1.165) is 22.8 Å². The van der Waals surface area contributed by atoms with Gasteiger partial charge in [0.05, 0.1) is 14.2 Å². The van der Waals surface area contributed by atoms with Crippen molar-refractivity contribution >= 4 is 17.2 Å². The number of aryl methyl sites for hydroxylation is 1. The molecule has 6 heteroatoms. The number of carbonyl (C=O) groups is 1. The molecule has 0 fully saturated rings. The summed E-state index contributed by atoms with van der Waals surface area (Å²) in [6.45, 7) is 2.38. The maximum atomic E-state index is 11.9. The lowest BCUT2D eigenvalue weighted by molar-refractivity contribution is 0.0953. The molecule has 21 heavy (non-hydrogen) atoms. The Labute approximate surface area is 127 Å². The van der Waals surface area contributed by atoms with Gasteiger partial charge in [0, 0.05) is 17.6 Å². The Bertz CT molecular complexity index is 625. The largest absolute Gasteiger partial charge is 0.497 e. The average Bonchev–Trinajstić information content (AvgIpc) is 2.93. The van der Waals surface area contributed by atoms with Crippen molar-refractivity contribution in [3.05, 3.63) is 39.8 Å². The van der Waals surface area contributed by atoms with Crippen molar-refractivity contribution in [3.63, 3.8) is 0 Å². The predicted molar refractivity (Wildman–Crippen MR) is 82.4 cm³/mol. The van der Waals surface area contributed by atoms with Crippen molar-refractivity contribution in [1.29, 1.82) is 0 Å². The zero-order valence-corrected chi connectivity index (χ0v) is 13.1. The van der Waals surface area contributed by atoms with Crippen LogP contribution in [-0.4, -0.2) is 31.7 Å². The maximum Gasteiger partial charge on any atom is 0.280 e. The Morgan fingerprint density at radius 1 is 1.33 bits per heavy atom. The fraction of sp³-hybridized carbons (Fsp3) is 0.333. The SMILES string of the molecule is COc1ccc(OC)c(CCNC(=O)c2nc(C)cs2)c1. The van der Waals surface area contributed by atoms with Gasteiger partial charge in [-0.05, 0) is 37.1 Å². The molecule has 2 aromatic rings. The molecule has 1 aromatic carbocycles. The highest BCUT2D eigenvalue weighted by molar-refractivity contribution is 7.11. The van der Waals surface area contributed by atoms with Gasteiger partial charge in [-0.2, -0.15) is 0 Å². The molecule has 1 heterocycles. The van der Waals surface area contributed by atoms with Crippen molar-refractivity contribution in [2.45, 2.75) is 13.3 Å². The van der Waals surface area contributed by atoms with Crippen molar-refractivity contribution in [1.82, 2.24) is 10.3 Å². The van der Waals surface area contributed by atoms with E-state index >= 15 is 0 Å². The van der Waals surface area contributed by atoms with Crippen molar-refractivity contribution in [2.75, 3.05) is 20.8 Å². The molecule has 1 N–H and O–H groups in total. The first-order valence-corrected chi connectivity index (χ1v) is 7.43. The average molecular weight is 306 g/mol. The van der Waals surface area contributed by atoms with Crippen LogP contribution < -0.4 is 14.8 Å². The minimum Gasteiger partial charge on any atom is -0.497 e. The Kier molecular flexibility index (Phi) is 5.16. The number of hydrogen-bond acceptors (Lipinski definition) is 5. The highest BCUT2D eigenvalue weighted by Gasteiger charge is 2.10. The first kappa shape index (κ1) is 15.3. The number of methoxy groups -OCH3 is 2. The van der Waals surface area contributed by atoms with Crippen molar-refractivity contribution in [2.24, 2.45) is 0 Å². The van der Waals surface area contributed by atoms with E-state index in [2.05, 4.69) is 10.3 Å². The summed E-state index contributed by atoms with van der Waals surface area (Å²) in [7, 11) is 3.25. The third-order valence-electron chi connectivity index (χ3n) is 2.98. The fourth-order valence-electron chi connectivity index (χ4n) is 1.92. The van der Waals surface area contributed by atoms with Gasteiger partial charge in [0.2, 0.25) is 0 Å². The lowest BCUT2D eigenvalue weighted by Gasteiger charge is -2.10. The quantitative estimate of drug-likeness (QED) is 0.890. The number of thiazole rings is 1. The molecule has 0 atom stereocenters. The number of ether oxygens (including phenoxy) is 2. The van der Waals surface area contributed by atoms with E-state index in [0.29, 0.717) is 18.0 Å². The molecule has 5 nitrogen and oxygen atoms in total. The van der Waals surface area contributed by atoms with Gasteiger partial charge >= 0.3 is 0 Å². The molecule has 0 aliphatic rings. The van der Waals surface area contributed by atoms with Gasteiger partial charge in [0.15, 0.2) is 5.01 Å². The van der Waals surface area contributed by atoms with E-state index < -0.39 is 0 Å². The molecular formula is C15H18N2O3S. The minimum atomic E-state index is -0.144. The van der Waals surface area contributed by atoms with Crippen molar-refractivity contribution in [3.8, 4) is 11.5 Å². The van der Waals surface area contributed by atoms with E-state index in [1.54, 1.807) is 14.2 Å². The topological polar surface area (TPSA) is 60.5 Å².